The molecule has 21 heavy (non-hydrogen) atoms. The summed E-state index contributed by atoms with van der Waals surface area (Å²) >= 11 is 0. The van der Waals surface area contributed by atoms with Crippen LogP contribution >= 0.6 is 0 Å². The van der Waals surface area contributed by atoms with Gasteiger partial charge in [0.15, 0.2) is 6.61 Å². The quantitative estimate of drug-likeness (QED) is 0.558. The van der Waals surface area contributed by atoms with Crippen molar-refractivity contribution < 1.29 is 36.6 Å². The Morgan fingerprint density at radius 1 is 1.05 bits per heavy atom. The number of halogens is 4. The van der Waals surface area contributed by atoms with Crippen LogP contribution in [0.25, 0.3) is 0 Å². The number of carbonyl (C=O) groups is 2. The van der Waals surface area contributed by atoms with Crippen LogP contribution in [0.1, 0.15) is 41.0 Å². The molecule has 0 amide bonds. The normalized spacial score (nSPS) is 16.8. The largest absolute Gasteiger partial charge is 0.458 e. The number of alkyl halides is 4. The molecule has 0 aliphatic carbocycles. The molecule has 0 aliphatic rings. The predicted octanol–water partition coefficient (Wildman–Crippen LogP) is 3.19. The molecule has 0 aromatic carbocycles. The molecule has 0 fully saturated rings. The number of hydrogen-bond acceptors (Lipinski definition) is 4. The lowest BCUT2D eigenvalue weighted by Gasteiger charge is -2.29. The van der Waals surface area contributed by atoms with Gasteiger partial charge in [-0.05, 0) is 34.1 Å². The third-order valence-corrected chi connectivity index (χ3v) is 3.25. The average molecular weight is 316 g/mol. The maximum Gasteiger partial charge on any atom is 0.422 e. The number of hydrogen-bond donors (Lipinski definition) is 0. The zero-order valence-corrected chi connectivity index (χ0v) is 12.6. The van der Waals surface area contributed by atoms with Gasteiger partial charge in [-0.2, -0.15) is 13.2 Å². The Labute approximate surface area is 120 Å². The molecule has 124 valence electrons. The molecule has 0 N–H and O–H groups in total. The summed E-state index contributed by atoms with van der Waals surface area (Å²) < 4.78 is 58.7. The van der Waals surface area contributed by atoms with Crippen molar-refractivity contribution >= 4 is 11.9 Å². The fourth-order valence-electron chi connectivity index (χ4n) is 1.03. The number of ether oxygens (including phenoxy) is 2. The molecule has 0 heterocycles. The fourth-order valence-corrected chi connectivity index (χ4v) is 1.03. The first-order valence-electron chi connectivity index (χ1n) is 6.38. The van der Waals surface area contributed by atoms with Crippen molar-refractivity contribution in [1.82, 2.24) is 0 Å². The van der Waals surface area contributed by atoms with Crippen LogP contribution in [-0.2, 0) is 19.1 Å². The van der Waals surface area contributed by atoms with E-state index in [0.717, 1.165) is 6.92 Å². The Hall–Kier alpha value is -1.34. The molecule has 8 heteroatoms. The third kappa shape index (κ3) is 5.89. The van der Waals surface area contributed by atoms with E-state index in [1.165, 1.54) is 0 Å². The molecule has 2 atom stereocenters. The summed E-state index contributed by atoms with van der Waals surface area (Å²) in [6.45, 7) is 4.75. The van der Waals surface area contributed by atoms with Crippen LogP contribution < -0.4 is 0 Å². The standard InChI is InChI=1S/C13H20F4O4/c1-6-11(3,4)9(18)21-8(2)12(5,14)10(19)20-7-13(15,16)17/h8H,6-7H2,1-5H3. The minimum absolute atomic E-state index is 0.417. The van der Waals surface area contributed by atoms with Gasteiger partial charge >= 0.3 is 18.1 Å². The lowest BCUT2D eigenvalue weighted by molar-refractivity contribution is -0.201. The van der Waals surface area contributed by atoms with E-state index in [1.54, 1.807) is 20.8 Å². The maximum absolute atomic E-state index is 14.2. The van der Waals surface area contributed by atoms with Gasteiger partial charge in [0, 0.05) is 0 Å². The molecule has 0 aliphatic heterocycles. The topological polar surface area (TPSA) is 52.6 Å². The second-order valence-corrected chi connectivity index (χ2v) is 5.55. The van der Waals surface area contributed by atoms with E-state index in [4.69, 9.17) is 4.74 Å². The Bertz CT molecular complexity index is 388. The van der Waals surface area contributed by atoms with Crippen molar-refractivity contribution in [1.29, 1.82) is 0 Å². The summed E-state index contributed by atoms with van der Waals surface area (Å²) in [6.07, 6.45) is -5.91. The van der Waals surface area contributed by atoms with Gasteiger partial charge in [-0.3, -0.25) is 4.79 Å². The molecule has 0 aromatic rings. The Balaban J connectivity index is 4.76. The van der Waals surface area contributed by atoms with Crippen LogP contribution in [0.4, 0.5) is 17.6 Å². The summed E-state index contributed by atoms with van der Waals surface area (Å²) in [5, 5.41) is 0. The van der Waals surface area contributed by atoms with E-state index < -0.39 is 41.9 Å². The molecule has 0 spiro atoms. The van der Waals surface area contributed by atoms with Crippen LogP contribution in [0.5, 0.6) is 0 Å². The van der Waals surface area contributed by atoms with E-state index in [-0.39, 0.29) is 0 Å². The monoisotopic (exact) mass is 316 g/mol. The average Bonchev–Trinajstić information content (AvgIpc) is 2.34. The third-order valence-electron chi connectivity index (χ3n) is 3.25. The summed E-state index contributed by atoms with van der Waals surface area (Å²) in [7, 11) is 0. The number of esters is 2. The van der Waals surface area contributed by atoms with Crippen molar-refractivity contribution in [3.63, 3.8) is 0 Å². The molecular formula is C13H20F4O4. The van der Waals surface area contributed by atoms with Gasteiger partial charge in [0.1, 0.15) is 6.10 Å². The SMILES string of the molecule is CCC(C)(C)C(=O)OC(C)C(C)(F)C(=O)OCC(F)(F)F. The van der Waals surface area contributed by atoms with E-state index in [0.29, 0.717) is 13.3 Å². The van der Waals surface area contributed by atoms with Crippen LogP contribution in [0.3, 0.4) is 0 Å². The first-order chi connectivity index (χ1) is 9.24. The fraction of sp³-hybridized carbons (Fsp3) is 0.846. The maximum atomic E-state index is 14.2. The van der Waals surface area contributed by atoms with Crippen molar-refractivity contribution in [2.24, 2.45) is 5.41 Å². The van der Waals surface area contributed by atoms with Crippen LogP contribution in [0, 0.1) is 5.41 Å². The molecule has 4 nitrogen and oxygen atoms in total. The Kier molecular flexibility index (Phi) is 6.19. The van der Waals surface area contributed by atoms with Gasteiger partial charge in [-0.15, -0.1) is 0 Å². The van der Waals surface area contributed by atoms with E-state index in [2.05, 4.69) is 4.74 Å². The van der Waals surface area contributed by atoms with Gasteiger partial charge in [0.05, 0.1) is 5.41 Å². The molecular weight excluding hydrogens is 296 g/mol. The van der Waals surface area contributed by atoms with Crippen LogP contribution in [-0.4, -0.2) is 36.5 Å². The lowest BCUT2D eigenvalue weighted by Crippen LogP contribution is -2.47. The zero-order valence-electron chi connectivity index (χ0n) is 12.6. The smallest absolute Gasteiger partial charge is 0.422 e. The molecule has 0 aromatic heterocycles. The highest BCUT2D eigenvalue weighted by atomic mass is 19.4. The summed E-state index contributed by atoms with van der Waals surface area (Å²) in [4.78, 5) is 23.1. The highest BCUT2D eigenvalue weighted by molar-refractivity contribution is 5.81. The van der Waals surface area contributed by atoms with Crippen LogP contribution in [0.15, 0.2) is 0 Å². The Morgan fingerprint density at radius 2 is 1.52 bits per heavy atom. The summed E-state index contributed by atoms with van der Waals surface area (Å²) in [5.41, 5.74) is -3.76. The lowest BCUT2D eigenvalue weighted by atomic mass is 9.90. The Morgan fingerprint density at radius 3 is 1.90 bits per heavy atom. The predicted molar refractivity (Wildman–Crippen MR) is 66.2 cm³/mol. The molecule has 2 unspecified atom stereocenters. The van der Waals surface area contributed by atoms with Crippen molar-refractivity contribution in [3.8, 4) is 0 Å². The van der Waals surface area contributed by atoms with E-state index in [9.17, 15) is 27.2 Å². The minimum Gasteiger partial charge on any atom is -0.458 e. The number of carbonyl (C=O) groups excluding carboxylic acids is 2. The van der Waals surface area contributed by atoms with Crippen molar-refractivity contribution in [3.05, 3.63) is 0 Å². The molecule has 0 saturated heterocycles. The van der Waals surface area contributed by atoms with Crippen molar-refractivity contribution in [2.75, 3.05) is 6.61 Å². The van der Waals surface area contributed by atoms with Gasteiger partial charge in [0.25, 0.3) is 0 Å². The minimum atomic E-state index is -4.75. The first-order valence-corrected chi connectivity index (χ1v) is 6.38. The van der Waals surface area contributed by atoms with Gasteiger partial charge in [0.2, 0.25) is 5.67 Å². The van der Waals surface area contributed by atoms with Crippen LogP contribution in [0.2, 0.25) is 0 Å². The molecule has 0 rings (SSSR count). The first kappa shape index (κ1) is 19.7. The highest BCUT2D eigenvalue weighted by Crippen LogP contribution is 2.27. The van der Waals surface area contributed by atoms with E-state index in [1.807, 2.05) is 0 Å². The molecule has 0 bridgehead atoms. The second kappa shape index (κ2) is 6.62. The van der Waals surface area contributed by atoms with Crippen molar-refractivity contribution in [2.45, 2.75) is 59.0 Å². The summed E-state index contributed by atoms with van der Waals surface area (Å²) in [5.74, 6) is -2.47. The second-order valence-electron chi connectivity index (χ2n) is 5.55. The number of rotatable bonds is 6. The highest BCUT2D eigenvalue weighted by Gasteiger charge is 2.46. The molecule has 0 saturated carbocycles. The summed E-state index contributed by atoms with van der Waals surface area (Å²) in [6, 6.07) is 0. The zero-order chi connectivity index (χ0) is 17.1. The van der Waals surface area contributed by atoms with Gasteiger partial charge < -0.3 is 9.47 Å². The molecule has 0 radical (unpaired) electrons. The van der Waals surface area contributed by atoms with Gasteiger partial charge in [-0.25, -0.2) is 9.18 Å². The van der Waals surface area contributed by atoms with E-state index >= 15 is 0 Å². The van der Waals surface area contributed by atoms with Gasteiger partial charge in [-0.1, -0.05) is 6.92 Å².